The molecule has 82 valence electrons. The average Bonchev–Trinajstić information content (AvgIpc) is 2.14. The molecule has 0 aromatic carbocycles. The summed E-state index contributed by atoms with van der Waals surface area (Å²) < 4.78 is 17.7. The smallest absolute Gasteiger partial charge is 0.311 e. The van der Waals surface area contributed by atoms with Gasteiger partial charge in [0, 0.05) is 6.07 Å². The van der Waals surface area contributed by atoms with Gasteiger partial charge in [-0.3, -0.25) is 4.79 Å². The Morgan fingerprint density at radius 3 is 3.00 bits per heavy atom. The van der Waals surface area contributed by atoms with Crippen molar-refractivity contribution in [2.45, 2.75) is 13.3 Å². The molecule has 6 heteroatoms. The number of ether oxygens (including phenoxy) is 1. The maximum atomic E-state index is 12.9. The van der Waals surface area contributed by atoms with E-state index in [1.54, 1.807) is 6.92 Å². The summed E-state index contributed by atoms with van der Waals surface area (Å²) in [4.78, 5) is 14.9. The monoisotopic (exact) mass is 276 g/mol. The molecule has 0 aliphatic carbocycles. The summed E-state index contributed by atoms with van der Waals surface area (Å²) in [5, 5.41) is 0. The second-order valence-corrected chi connectivity index (χ2v) is 3.53. The Hall–Kier alpha value is -1.17. The fourth-order valence-corrected chi connectivity index (χ4v) is 1.33. The van der Waals surface area contributed by atoms with Gasteiger partial charge in [-0.1, -0.05) is 0 Å². The van der Waals surface area contributed by atoms with Gasteiger partial charge in [0.1, 0.15) is 4.60 Å². The maximum Gasteiger partial charge on any atom is 0.311 e. The average molecular weight is 277 g/mol. The number of nitrogens with zero attached hydrogens (tertiary/aromatic N) is 1. The normalized spacial score (nSPS) is 10.1. The molecular weight excluding hydrogens is 267 g/mol. The van der Waals surface area contributed by atoms with E-state index in [4.69, 9.17) is 10.5 Å². The van der Waals surface area contributed by atoms with Crippen LogP contribution in [0.1, 0.15) is 12.6 Å². The zero-order chi connectivity index (χ0) is 11.4. The van der Waals surface area contributed by atoms with Crippen LogP contribution in [0.5, 0.6) is 0 Å². The van der Waals surface area contributed by atoms with Crippen LogP contribution in [0.3, 0.4) is 0 Å². The van der Waals surface area contributed by atoms with Gasteiger partial charge in [-0.15, -0.1) is 0 Å². The predicted octanol–water partition coefficient (Wildman–Crippen LogP) is 1.67. The summed E-state index contributed by atoms with van der Waals surface area (Å²) in [7, 11) is 0. The van der Waals surface area contributed by atoms with Crippen LogP contribution in [-0.2, 0) is 16.0 Å². The summed E-state index contributed by atoms with van der Waals surface area (Å²) in [5.41, 5.74) is 5.95. The van der Waals surface area contributed by atoms with Gasteiger partial charge in [-0.05, 0) is 22.9 Å². The van der Waals surface area contributed by atoms with Gasteiger partial charge < -0.3 is 10.5 Å². The van der Waals surface area contributed by atoms with Crippen molar-refractivity contribution in [1.29, 1.82) is 0 Å². The van der Waals surface area contributed by atoms with Gasteiger partial charge in [0.2, 0.25) is 0 Å². The van der Waals surface area contributed by atoms with Crippen LogP contribution in [0.25, 0.3) is 0 Å². The highest BCUT2D eigenvalue weighted by molar-refractivity contribution is 9.10. The molecule has 1 heterocycles. The minimum atomic E-state index is -0.555. The Morgan fingerprint density at radius 2 is 2.40 bits per heavy atom. The lowest BCUT2D eigenvalue weighted by Crippen LogP contribution is -2.11. The lowest BCUT2D eigenvalue weighted by atomic mass is 10.2. The summed E-state index contributed by atoms with van der Waals surface area (Å²) >= 11 is 2.92. The van der Waals surface area contributed by atoms with Crippen molar-refractivity contribution >= 4 is 27.6 Å². The van der Waals surface area contributed by atoms with Crippen molar-refractivity contribution in [3.8, 4) is 0 Å². The topological polar surface area (TPSA) is 65.2 Å². The van der Waals surface area contributed by atoms with Crippen molar-refractivity contribution in [1.82, 2.24) is 4.98 Å². The summed E-state index contributed by atoms with van der Waals surface area (Å²) in [6.45, 7) is 2.00. The molecule has 4 nitrogen and oxygen atoms in total. The quantitative estimate of drug-likeness (QED) is 0.674. The van der Waals surface area contributed by atoms with Gasteiger partial charge in [0.25, 0.3) is 0 Å². The number of pyridine rings is 1. The second-order valence-electron chi connectivity index (χ2n) is 2.78. The molecule has 0 amide bonds. The van der Waals surface area contributed by atoms with E-state index in [0.717, 1.165) is 6.07 Å². The molecule has 1 aromatic heterocycles. The molecule has 1 aromatic rings. The first kappa shape index (κ1) is 11.9. The number of esters is 1. The Labute approximate surface area is 94.8 Å². The fraction of sp³-hybridized carbons (Fsp3) is 0.333. The SMILES string of the molecule is CCOC(=O)Cc1nc(Br)c(F)cc1N. The Balaban J connectivity index is 2.86. The van der Waals surface area contributed by atoms with Crippen LogP contribution < -0.4 is 5.73 Å². The molecule has 0 radical (unpaired) electrons. The van der Waals surface area contributed by atoms with Crippen molar-refractivity contribution < 1.29 is 13.9 Å². The number of aromatic nitrogens is 1. The van der Waals surface area contributed by atoms with E-state index in [1.165, 1.54) is 0 Å². The third-order valence-electron chi connectivity index (χ3n) is 1.66. The van der Waals surface area contributed by atoms with Gasteiger partial charge in [-0.2, -0.15) is 0 Å². The number of anilines is 1. The number of nitrogens with two attached hydrogens (primary N) is 1. The third kappa shape index (κ3) is 3.16. The zero-order valence-electron chi connectivity index (χ0n) is 8.09. The van der Waals surface area contributed by atoms with E-state index in [9.17, 15) is 9.18 Å². The molecule has 0 atom stereocenters. The molecule has 0 saturated carbocycles. The van der Waals surface area contributed by atoms with Crippen LogP contribution in [0.15, 0.2) is 10.7 Å². The molecule has 0 aliphatic rings. The third-order valence-corrected chi connectivity index (χ3v) is 2.22. The molecule has 1 rings (SSSR count). The van der Waals surface area contributed by atoms with E-state index >= 15 is 0 Å². The highest BCUT2D eigenvalue weighted by Crippen LogP contribution is 2.19. The summed E-state index contributed by atoms with van der Waals surface area (Å²) in [6, 6.07) is 1.12. The zero-order valence-corrected chi connectivity index (χ0v) is 9.67. The minimum Gasteiger partial charge on any atom is -0.466 e. The fourth-order valence-electron chi connectivity index (χ4n) is 1.01. The molecule has 0 fully saturated rings. The second kappa shape index (κ2) is 5.06. The van der Waals surface area contributed by atoms with Crippen molar-refractivity contribution in [2.24, 2.45) is 0 Å². The van der Waals surface area contributed by atoms with Crippen molar-refractivity contribution in [3.05, 3.63) is 22.2 Å². The molecule has 15 heavy (non-hydrogen) atoms. The number of hydrogen-bond donors (Lipinski definition) is 1. The van der Waals surface area contributed by atoms with E-state index in [2.05, 4.69) is 20.9 Å². The van der Waals surface area contributed by atoms with Crippen LogP contribution in [0, 0.1) is 5.82 Å². The Kier molecular flexibility index (Phi) is 4.02. The molecule has 0 spiro atoms. The molecule has 0 unspecified atom stereocenters. The standard InChI is InChI=1S/C9H10BrFN2O2/c1-2-15-8(14)4-7-6(12)3-5(11)9(10)13-7/h3H,2,4,12H2,1H3. The van der Waals surface area contributed by atoms with Crippen LogP contribution in [0.2, 0.25) is 0 Å². The largest absolute Gasteiger partial charge is 0.466 e. The number of rotatable bonds is 3. The number of hydrogen-bond acceptors (Lipinski definition) is 4. The van der Waals surface area contributed by atoms with E-state index < -0.39 is 11.8 Å². The lowest BCUT2D eigenvalue weighted by molar-refractivity contribution is -0.142. The predicted molar refractivity (Wildman–Crippen MR) is 56.6 cm³/mol. The van der Waals surface area contributed by atoms with E-state index in [-0.39, 0.29) is 16.7 Å². The number of carbonyl (C=O) groups excluding carboxylic acids is 1. The minimum absolute atomic E-state index is 0.0380. The van der Waals surface area contributed by atoms with Crippen LogP contribution in [0.4, 0.5) is 10.1 Å². The van der Waals surface area contributed by atoms with E-state index in [0.29, 0.717) is 12.3 Å². The van der Waals surface area contributed by atoms with Gasteiger partial charge in [0.05, 0.1) is 24.4 Å². The first-order chi connectivity index (χ1) is 7.04. The van der Waals surface area contributed by atoms with Crippen LogP contribution >= 0.6 is 15.9 Å². The van der Waals surface area contributed by atoms with Gasteiger partial charge >= 0.3 is 5.97 Å². The number of nitrogen functional groups attached to an aromatic ring is 1. The van der Waals surface area contributed by atoms with E-state index in [1.807, 2.05) is 0 Å². The summed E-state index contributed by atoms with van der Waals surface area (Å²) in [5.74, 6) is -0.990. The Bertz CT molecular complexity index is 385. The number of halogens is 2. The molecule has 0 aliphatic heterocycles. The molecule has 0 saturated heterocycles. The summed E-state index contributed by atoms with van der Waals surface area (Å²) in [6.07, 6.45) is -0.0570. The highest BCUT2D eigenvalue weighted by atomic mass is 79.9. The highest BCUT2D eigenvalue weighted by Gasteiger charge is 2.12. The molecule has 2 N–H and O–H groups in total. The van der Waals surface area contributed by atoms with Crippen molar-refractivity contribution in [2.75, 3.05) is 12.3 Å². The molecule has 0 bridgehead atoms. The first-order valence-corrected chi connectivity index (χ1v) is 5.10. The number of carbonyl (C=O) groups is 1. The Morgan fingerprint density at radius 1 is 1.73 bits per heavy atom. The first-order valence-electron chi connectivity index (χ1n) is 4.30. The van der Waals surface area contributed by atoms with Crippen molar-refractivity contribution in [3.63, 3.8) is 0 Å². The lowest BCUT2D eigenvalue weighted by Gasteiger charge is -2.05. The molecular formula is C9H10BrFN2O2. The maximum absolute atomic E-state index is 12.9. The van der Waals surface area contributed by atoms with Crippen LogP contribution in [-0.4, -0.2) is 17.6 Å². The van der Waals surface area contributed by atoms with Gasteiger partial charge in [0.15, 0.2) is 5.82 Å². The van der Waals surface area contributed by atoms with Gasteiger partial charge in [-0.25, -0.2) is 9.37 Å².